The summed E-state index contributed by atoms with van der Waals surface area (Å²) in [6.45, 7) is 3.12. The zero-order chi connectivity index (χ0) is 23.9. The molecule has 34 heavy (non-hydrogen) atoms. The molecule has 1 aromatic heterocycles. The van der Waals surface area contributed by atoms with E-state index in [1.54, 1.807) is 22.8 Å². The normalized spacial score (nSPS) is 11.0. The van der Waals surface area contributed by atoms with Crippen LogP contribution < -0.4 is 10.9 Å². The van der Waals surface area contributed by atoms with Crippen LogP contribution in [-0.2, 0) is 18.7 Å². The van der Waals surface area contributed by atoms with E-state index in [9.17, 15) is 9.59 Å². The minimum atomic E-state index is -0.160. The van der Waals surface area contributed by atoms with Crippen molar-refractivity contribution in [2.75, 3.05) is 6.54 Å². The highest BCUT2D eigenvalue weighted by Crippen LogP contribution is 2.24. The maximum absolute atomic E-state index is 13.5. The van der Waals surface area contributed by atoms with Crippen molar-refractivity contribution in [2.24, 2.45) is 0 Å². The molecule has 174 valence electrons. The van der Waals surface area contributed by atoms with Gasteiger partial charge in [-0.15, -0.1) is 0 Å². The Hall–Kier alpha value is -3.09. The molecule has 1 N–H and O–H groups in total. The number of carbonyl (C=O) groups excluding carboxylic acids is 1. The zero-order valence-electron chi connectivity index (χ0n) is 19.0. The Labute approximate surface area is 208 Å². The van der Waals surface area contributed by atoms with E-state index in [0.717, 1.165) is 24.0 Å². The lowest BCUT2D eigenvalue weighted by molar-refractivity contribution is 0.0954. The minimum absolute atomic E-state index is 0.102. The van der Waals surface area contributed by atoms with Gasteiger partial charge in [0.2, 0.25) is 0 Å². The van der Waals surface area contributed by atoms with Gasteiger partial charge in [0, 0.05) is 29.4 Å². The summed E-state index contributed by atoms with van der Waals surface area (Å²) in [7, 11) is 0. The summed E-state index contributed by atoms with van der Waals surface area (Å²) >= 11 is 7.64. The third-order valence-corrected chi connectivity index (χ3v) is 6.72. The lowest BCUT2D eigenvalue weighted by Crippen LogP contribution is -2.26. The first-order valence-electron chi connectivity index (χ1n) is 11.3. The van der Waals surface area contributed by atoms with Crippen LogP contribution in [0.2, 0.25) is 5.02 Å². The largest absolute Gasteiger partial charge is 0.352 e. The van der Waals surface area contributed by atoms with Gasteiger partial charge in [-0.2, -0.15) is 0 Å². The summed E-state index contributed by atoms with van der Waals surface area (Å²) in [6, 6.07) is 22.8. The van der Waals surface area contributed by atoms with Crippen molar-refractivity contribution in [3.63, 3.8) is 0 Å². The van der Waals surface area contributed by atoms with Gasteiger partial charge in [0.15, 0.2) is 5.16 Å². The molecule has 4 rings (SSSR count). The topological polar surface area (TPSA) is 64.0 Å². The van der Waals surface area contributed by atoms with Crippen LogP contribution in [0.15, 0.2) is 82.7 Å². The molecule has 7 heteroatoms. The number of aromatic nitrogens is 2. The molecular formula is C27H26ClN3O2S. The quantitative estimate of drug-likeness (QED) is 0.240. The van der Waals surface area contributed by atoms with Crippen molar-refractivity contribution in [3.8, 4) is 0 Å². The average Bonchev–Trinajstić information content (AvgIpc) is 2.86. The summed E-state index contributed by atoms with van der Waals surface area (Å²) in [5, 5.41) is 4.68. The second-order valence-corrected chi connectivity index (χ2v) is 9.37. The molecule has 0 unspecified atom stereocenters. The number of nitrogens with zero attached hydrogens (tertiary/aromatic N) is 2. The summed E-state index contributed by atoms with van der Waals surface area (Å²) < 4.78 is 1.74. The Morgan fingerprint density at radius 3 is 2.59 bits per heavy atom. The van der Waals surface area contributed by atoms with Crippen molar-refractivity contribution in [1.29, 1.82) is 0 Å². The minimum Gasteiger partial charge on any atom is -0.352 e. The molecule has 1 heterocycles. The van der Waals surface area contributed by atoms with E-state index in [0.29, 0.717) is 45.5 Å². The summed E-state index contributed by atoms with van der Waals surface area (Å²) in [6.07, 6.45) is 1.57. The number of benzene rings is 3. The van der Waals surface area contributed by atoms with Crippen molar-refractivity contribution in [3.05, 3.63) is 105 Å². The predicted molar refractivity (Wildman–Crippen MR) is 140 cm³/mol. The number of nitrogens with one attached hydrogen (secondary N) is 1. The Morgan fingerprint density at radius 1 is 1.03 bits per heavy atom. The Balaban J connectivity index is 1.70. The number of thioether (sulfide) groups is 1. The van der Waals surface area contributed by atoms with E-state index in [1.807, 2.05) is 49.4 Å². The summed E-state index contributed by atoms with van der Waals surface area (Å²) in [5.74, 6) is 0.465. The highest BCUT2D eigenvalue weighted by Gasteiger charge is 2.14. The van der Waals surface area contributed by atoms with Crippen LogP contribution in [0, 0.1) is 0 Å². The first-order valence-corrected chi connectivity index (χ1v) is 12.7. The van der Waals surface area contributed by atoms with Gasteiger partial charge < -0.3 is 5.32 Å². The SMILES string of the molecule is CCCNC(=O)c1ccc2c(=O)n(CCc3ccccc3)c(SCc3cccc(Cl)c3)nc2c1. The number of amides is 1. The molecule has 3 aromatic carbocycles. The zero-order valence-corrected chi connectivity index (χ0v) is 20.5. The molecule has 0 aliphatic carbocycles. The summed E-state index contributed by atoms with van der Waals surface area (Å²) in [5.41, 5.74) is 3.13. The molecule has 1 amide bonds. The van der Waals surface area contributed by atoms with Gasteiger partial charge in [-0.3, -0.25) is 14.2 Å². The first kappa shape index (κ1) is 24.0. The Bertz CT molecular complexity index is 1360. The van der Waals surface area contributed by atoms with Crippen LogP contribution in [0.1, 0.15) is 34.8 Å². The average molecular weight is 492 g/mol. The van der Waals surface area contributed by atoms with Crippen LogP contribution >= 0.6 is 23.4 Å². The van der Waals surface area contributed by atoms with E-state index in [4.69, 9.17) is 16.6 Å². The molecule has 4 aromatic rings. The number of fused-ring (bicyclic) bond motifs is 1. The van der Waals surface area contributed by atoms with Crippen LogP contribution in [0.25, 0.3) is 10.9 Å². The second-order valence-electron chi connectivity index (χ2n) is 7.99. The molecule has 5 nitrogen and oxygen atoms in total. The number of aryl methyl sites for hydroxylation is 1. The number of hydrogen-bond donors (Lipinski definition) is 1. The molecule has 0 aliphatic heterocycles. The van der Waals surface area contributed by atoms with Gasteiger partial charge in [-0.05, 0) is 54.3 Å². The van der Waals surface area contributed by atoms with Crippen molar-refractivity contribution >= 4 is 40.2 Å². The number of halogens is 1. The smallest absolute Gasteiger partial charge is 0.262 e. The van der Waals surface area contributed by atoms with E-state index in [1.165, 1.54) is 11.8 Å². The van der Waals surface area contributed by atoms with Crippen LogP contribution in [0.4, 0.5) is 0 Å². The fourth-order valence-corrected chi connectivity index (χ4v) is 4.83. The van der Waals surface area contributed by atoms with Crippen LogP contribution in [0.3, 0.4) is 0 Å². The molecule has 0 radical (unpaired) electrons. The van der Waals surface area contributed by atoms with E-state index < -0.39 is 0 Å². The van der Waals surface area contributed by atoms with Gasteiger partial charge in [-0.1, -0.05) is 72.8 Å². The first-order chi connectivity index (χ1) is 16.5. The Morgan fingerprint density at radius 2 is 1.82 bits per heavy atom. The van der Waals surface area contributed by atoms with E-state index >= 15 is 0 Å². The lowest BCUT2D eigenvalue weighted by Gasteiger charge is -2.14. The van der Waals surface area contributed by atoms with Crippen LogP contribution in [-0.4, -0.2) is 22.0 Å². The van der Waals surface area contributed by atoms with Gasteiger partial charge in [0.05, 0.1) is 10.9 Å². The number of rotatable bonds is 9. The van der Waals surface area contributed by atoms with Crippen molar-refractivity contribution in [1.82, 2.24) is 14.9 Å². The van der Waals surface area contributed by atoms with Crippen molar-refractivity contribution in [2.45, 2.75) is 37.2 Å². The molecule has 0 fully saturated rings. The van der Waals surface area contributed by atoms with Crippen molar-refractivity contribution < 1.29 is 4.79 Å². The van der Waals surface area contributed by atoms with Crippen LogP contribution in [0.5, 0.6) is 0 Å². The summed E-state index contributed by atoms with van der Waals surface area (Å²) in [4.78, 5) is 30.7. The monoisotopic (exact) mass is 491 g/mol. The third kappa shape index (κ3) is 5.88. The van der Waals surface area contributed by atoms with E-state index in [-0.39, 0.29) is 11.5 Å². The molecule has 0 atom stereocenters. The number of hydrogen-bond acceptors (Lipinski definition) is 4. The third-order valence-electron chi connectivity index (χ3n) is 5.44. The van der Waals surface area contributed by atoms with Gasteiger partial charge >= 0.3 is 0 Å². The molecule has 0 aliphatic rings. The second kappa shape index (κ2) is 11.4. The van der Waals surface area contributed by atoms with Gasteiger partial charge in [0.25, 0.3) is 11.5 Å². The van der Waals surface area contributed by atoms with E-state index in [2.05, 4.69) is 17.4 Å². The molecule has 0 saturated carbocycles. The molecule has 0 bridgehead atoms. The highest BCUT2D eigenvalue weighted by molar-refractivity contribution is 7.98. The number of carbonyl (C=O) groups is 1. The fraction of sp³-hybridized carbons (Fsp3) is 0.222. The predicted octanol–water partition coefficient (Wildman–Crippen LogP) is 5.72. The standard InChI is InChI=1S/C27H26ClN3O2S/c1-2-14-29-25(32)21-11-12-23-24(17-21)30-27(34-18-20-9-6-10-22(28)16-20)31(26(23)33)15-13-19-7-4-3-5-8-19/h3-12,16-17H,2,13-15,18H2,1H3,(H,29,32). The fourth-order valence-electron chi connectivity index (χ4n) is 3.65. The maximum atomic E-state index is 13.5. The Kier molecular flexibility index (Phi) is 8.03. The molecule has 0 spiro atoms. The van der Waals surface area contributed by atoms with Gasteiger partial charge in [0.1, 0.15) is 0 Å². The van der Waals surface area contributed by atoms with Gasteiger partial charge in [-0.25, -0.2) is 4.98 Å². The molecular weight excluding hydrogens is 466 g/mol. The maximum Gasteiger partial charge on any atom is 0.262 e. The molecule has 0 saturated heterocycles. The highest BCUT2D eigenvalue weighted by atomic mass is 35.5. The lowest BCUT2D eigenvalue weighted by atomic mass is 10.1.